The average molecular weight is 1450 g/mol. The van der Waals surface area contributed by atoms with Crippen molar-refractivity contribution in [3.63, 3.8) is 0 Å². The molecule has 6 nitrogen and oxygen atoms in total. The quantitative estimate of drug-likeness (QED) is 0.0410. The summed E-state index contributed by atoms with van der Waals surface area (Å²) in [5.74, 6) is 4.84. The molecule has 8 aliphatic carbocycles. The third kappa shape index (κ3) is 18.5. The third-order valence-electron chi connectivity index (χ3n) is 27.5. The van der Waals surface area contributed by atoms with Crippen LogP contribution in [0.3, 0.4) is 0 Å². The number of rotatable bonds is 28. The van der Waals surface area contributed by atoms with E-state index in [0.717, 1.165) is 70.6 Å². The van der Waals surface area contributed by atoms with Crippen LogP contribution in [-0.4, -0.2) is 48.7 Å². The summed E-state index contributed by atoms with van der Waals surface area (Å²) >= 11 is 0. The fraction of sp³-hybridized carbons (Fsp3) is 0.560. The van der Waals surface area contributed by atoms with Crippen molar-refractivity contribution in [3.05, 3.63) is 243 Å². The lowest BCUT2D eigenvalue weighted by Gasteiger charge is -2.42. The molecule has 0 N–H and O–H groups in total. The first kappa shape index (κ1) is 79.9. The lowest BCUT2D eigenvalue weighted by molar-refractivity contribution is 0.00578. The summed E-state index contributed by atoms with van der Waals surface area (Å²) in [6.45, 7) is 36.4. The zero-order valence-electron chi connectivity index (χ0n) is 69.7. The van der Waals surface area contributed by atoms with Crippen LogP contribution in [0.1, 0.15) is 293 Å². The molecule has 0 saturated carbocycles. The maximum absolute atomic E-state index is 6.56. The van der Waals surface area contributed by atoms with Crippen molar-refractivity contribution in [1.29, 1.82) is 0 Å². The number of allylic oxidation sites excluding steroid dienone is 22. The zero-order valence-corrected chi connectivity index (χ0v) is 69.7. The number of nitrogens with zero attached hydrogens (tertiary/aromatic N) is 2. The molecule has 0 bridgehead atoms. The van der Waals surface area contributed by atoms with Crippen LogP contribution in [0.25, 0.3) is 0 Å². The Kier molecular flexibility index (Phi) is 25.8. The number of unbranched alkanes of at least 4 members (excludes halogenated alkanes) is 6. The number of hydrogen-bond acceptors (Lipinski definition) is 6. The van der Waals surface area contributed by atoms with Crippen LogP contribution >= 0.6 is 0 Å². The van der Waals surface area contributed by atoms with E-state index in [1.807, 2.05) is 0 Å². The molecule has 13 rings (SSSR count). The Hall–Kier alpha value is -6.15. The van der Waals surface area contributed by atoms with E-state index in [1.165, 1.54) is 139 Å². The molecule has 2 heterocycles. The summed E-state index contributed by atoms with van der Waals surface area (Å²) in [7, 11) is -0.393. The van der Waals surface area contributed by atoms with Gasteiger partial charge in [0, 0.05) is 64.0 Å². The molecule has 2 fully saturated rings. The summed E-state index contributed by atoms with van der Waals surface area (Å²) in [6.07, 6.45) is 69.7. The largest absolute Gasteiger partial charge is 0.465 e. The van der Waals surface area contributed by atoms with Crippen molar-refractivity contribution in [3.8, 4) is 0 Å². The van der Waals surface area contributed by atoms with Gasteiger partial charge in [0.2, 0.25) is 0 Å². The van der Waals surface area contributed by atoms with Gasteiger partial charge in [0.15, 0.2) is 0 Å². The van der Waals surface area contributed by atoms with E-state index < -0.39 is 0 Å². The van der Waals surface area contributed by atoms with Crippen molar-refractivity contribution in [2.45, 2.75) is 322 Å². The SMILES string of the molecule is CCCCCCC1=CC(C2CC=C(N(c3ccc(C4C=CC(CC(C)C)=CC4)cc3)C3C=CC(C4C=CC(B5OC(C)(C)C(C)(C)O5)CC4)=CC3)C=C2C)=C(CCCCCC)CC1C1CCC(N(c2ccc(C3C=CC(CC(C)C)=CC3)cc2)c2ccc(C3C=CC(B4OC(C)(C)C(C)(C)O4)CC3)cc2)C=C1C. The molecule has 11 atom stereocenters. The van der Waals surface area contributed by atoms with Gasteiger partial charge in [-0.1, -0.05) is 247 Å². The smallest absolute Gasteiger partial charge is 0.403 e. The lowest BCUT2D eigenvalue weighted by atomic mass is 9.65. The van der Waals surface area contributed by atoms with Crippen LogP contribution in [0.2, 0.25) is 11.6 Å². The Balaban J connectivity index is 0.770. The second-order valence-corrected chi connectivity index (χ2v) is 37.4. The van der Waals surface area contributed by atoms with Crippen LogP contribution in [0, 0.1) is 35.5 Å². The normalized spacial score (nSPS) is 28.6. The summed E-state index contributed by atoms with van der Waals surface area (Å²) in [4.78, 5) is 5.40. The van der Waals surface area contributed by atoms with E-state index in [2.05, 4.69) is 297 Å². The molecule has 108 heavy (non-hydrogen) atoms. The van der Waals surface area contributed by atoms with Gasteiger partial charge in [-0.05, 0) is 272 Å². The van der Waals surface area contributed by atoms with Gasteiger partial charge >= 0.3 is 14.2 Å². The molecule has 0 amide bonds. The first-order chi connectivity index (χ1) is 51.8. The minimum Gasteiger partial charge on any atom is -0.403 e. The van der Waals surface area contributed by atoms with E-state index >= 15 is 0 Å². The van der Waals surface area contributed by atoms with Crippen LogP contribution in [-0.2, 0) is 18.6 Å². The van der Waals surface area contributed by atoms with E-state index in [4.69, 9.17) is 18.6 Å². The molecule has 2 saturated heterocycles. The highest BCUT2D eigenvalue weighted by atomic mass is 16.7. The summed E-state index contributed by atoms with van der Waals surface area (Å²) in [6, 6.07) is 29.7. The zero-order chi connectivity index (χ0) is 76.1. The molecule has 10 aliphatic rings. The Morgan fingerprint density at radius 3 is 1.38 bits per heavy atom. The predicted octanol–water partition coefficient (Wildman–Crippen LogP) is 27.7. The Labute approximate surface area is 656 Å². The van der Waals surface area contributed by atoms with Gasteiger partial charge in [-0.2, -0.15) is 0 Å². The molecule has 3 aromatic rings. The highest BCUT2D eigenvalue weighted by molar-refractivity contribution is 6.48. The highest BCUT2D eigenvalue weighted by Crippen LogP contribution is 2.52. The standard InChI is InChI=1S/C100H136B2N2O4/c1-17-19-21-23-25-83-67-96(94-62-60-92(66-72(94)8)104(88-53-41-80(42-54-88)76-33-29-74(30-34-76)64-70(5)6)90-57-45-82(46-58-90)78-37-49-86(50-38-78)102-107-99(13,14)100(15,16)108-102)84(26-24-22-20-18-2)68-95(83)93-61-59-91(65-71(93)7)103(87-51-39-79(40-52-87)75-31-27-73(28-32-75)63-69(3)4)89-55-43-81(44-56-89)77-35-47-85(48-36-77)101-105-97(9,10)98(11,12)106-101/h27-31,33,35,37,39-47,49,51-57,60,65-67,69-70,75-78,85-86,90-91,93-95H,17-26,32,34,36,38,48,50,58-59,61-64,68H2,1-16H3. The molecule has 2 aliphatic heterocycles. The predicted molar refractivity (Wildman–Crippen MR) is 461 cm³/mol. The maximum Gasteiger partial charge on any atom is 0.465 e. The second kappa shape index (κ2) is 34.9. The molecule has 8 heteroatoms. The average Bonchev–Trinajstić information content (AvgIpc) is 0.984. The van der Waals surface area contributed by atoms with Gasteiger partial charge in [0.25, 0.3) is 0 Å². The monoisotopic (exact) mass is 1450 g/mol. The minimum atomic E-state index is -0.323. The van der Waals surface area contributed by atoms with Crippen molar-refractivity contribution < 1.29 is 18.6 Å². The van der Waals surface area contributed by atoms with E-state index in [-0.39, 0.29) is 60.4 Å². The fourth-order valence-corrected chi connectivity index (χ4v) is 19.6. The van der Waals surface area contributed by atoms with Gasteiger partial charge in [-0.25, -0.2) is 0 Å². The molecule has 11 unspecified atom stereocenters. The first-order valence-corrected chi connectivity index (χ1v) is 43.4. The first-order valence-electron chi connectivity index (χ1n) is 43.4. The molecule has 576 valence electrons. The summed E-state index contributed by atoms with van der Waals surface area (Å²) in [5, 5.41) is 0. The Morgan fingerprint density at radius 1 is 0.435 bits per heavy atom. The van der Waals surface area contributed by atoms with Crippen LogP contribution in [0.5, 0.6) is 0 Å². The Bertz CT molecular complexity index is 3990. The molecule has 0 radical (unpaired) electrons. The van der Waals surface area contributed by atoms with Gasteiger partial charge in [0.05, 0.1) is 34.5 Å². The van der Waals surface area contributed by atoms with Crippen molar-refractivity contribution in [2.24, 2.45) is 35.5 Å². The van der Waals surface area contributed by atoms with Gasteiger partial charge in [0.1, 0.15) is 0 Å². The van der Waals surface area contributed by atoms with E-state index in [0.29, 0.717) is 53.3 Å². The third-order valence-corrected chi connectivity index (χ3v) is 27.5. The molecular formula is C100H136B2N2O4. The molecule has 0 spiro atoms. The topological polar surface area (TPSA) is 43.4 Å². The minimum absolute atomic E-state index is 0.194. The fourth-order valence-electron chi connectivity index (χ4n) is 19.6. The van der Waals surface area contributed by atoms with Crippen molar-refractivity contribution in [1.82, 2.24) is 0 Å². The molecule has 3 aromatic carbocycles. The van der Waals surface area contributed by atoms with Gasteiger partial charge in [-0.3, -0.25) is 0 Å². The summed E-state index contributed by atoms with van der Waals surface area (Å²) < 4.78 is 26.2. The van der Waals surface area contributed by atoms with Crippen LogP contribution in [0.15, 0.2) is 226 Å². The molecule has 0 aromatic heterocycles. The highest BCUT2D eigenvalue weighted by Gasteiger charge is 2.55. The second-order valence-electron chi connectivity index (χ2n) is 37.4. The Morgan fingerprint density at radius 2 is 0.935 bits per heavy atom. The van der Waals surface area contributed by atoms with E-state index in [1.54, 1.807) is 22.3 Å². The van der Waals surface area contributed by atoms with Gasteiger partial charge in [-0.15, -0.1) is 0 Å². The van der Waals surface area contributed by atoms with Crippen LogP contribution < -0.4 is 9.80 Å². The van der Waals surface area contributed by atoms with Crippen molar-refractivity contribution in [2.75, 3.05) is 9.80 Å². The maximum atomic E-state index is 6.56. The lowest BCUT2D eigenvalue weighted by Crippen LogP contribution is -2.41. The molecular weight excluding hydrogens is 1310 g/mol. The van der Waals surface area contributed by atoms with Gasteiger partial charge < -0.3 is 28.4 Å². The number of anilines is 3. The summed E-state index contributed by atoms with van der Waals surface area (Å²) in [5.41, 5.74) is 20.7. The van der Waals surface area contributed by atoms with Crippen molar-refractivity contribution >= 4 is 31.3 Å². The van der Waals surface area contributed by atoms with E-state index in [9.17, 15) is 0 Å². The number of benzene rings is 3. The van der Waals surface area contributed by atoms with Crippen LogP contribution in [0.4, 0.5) is 17.1 Å². The number of hydrogen-bond donors (Lipinski definition) is 0.